The molecule has 0 aliphatic carbocycles. The van der Waals surface area contributed by atoms with E-state index in [0.717, 1.165) is 43.7 Å². The average Bonchev–Trinajstić information content (AvgIpc) is 2.67. The van der Waals surface area contributed by atoms with Gasteiger partial charge < -0.3 is 15.0 Å². The van der Waals surface area contributed by atoms with Gasteiger partial charge in [-0.2, -0.15) is 0 Å². The molecule has 1 aliphatic heterocycles. The number of nitrogens with one attached hydrogen (secondary N) is 1. The van der Waals surface area contributed by atoms with Gasteiger partial charge in [0.15, 0.2) is 0 Å². The fraction of sp³-hybridized carbons (Fsp3) is 0.412. The Morgan fingerprint density at radius 1 is 1.20 bits per heavy atom. The molecule has 0 radical (unpaired) electrons. The molecule has 3 rings (SSSR count). The predicted octanol–water partition coefficient (Wildman–Crippen LogP) is 3.00. The molecule has 0 unspecified atom stereocenters. The van der Waals surface area contributed by atoms with Crippen molar-refractivity contribution in [2.45, 2.75) is 25.8 Å². The van der Waals surface area contributed by atoms with Gasteiger partial charge in [-0.25, -0.2) is 9.97 Å². The zero-order valence-electron chi connectivity index (χ0n) is 14.1. The number of aromatic nitrogens is 2. The maximum atomic E-state index is 11.6. The molecule has 1 aromatic carbocycles. The molecule has 0 saturated carbocycles. The third-order valence-corrected chi connectivity index (χ3v) is 4.26. The van der Waals surface area contributed by atoms with Gasteiger partial charge in [0.1, 0.15) is 12.1 Å². The van der Waals surface area contributed by atoms with Crippen LogP contribution in [0.1, 0.15) is 24.8 Å². The van der Waals surface area contributed by atoms with Crippen LogP contribution in [0.15, 0.2) is 30.6 Å². The number of nitrogens with zero attached hydrogens (tertiary/aromatic N) is 4. The Bertz CT molecular complexity index is 730. The summed E-state index contributed by atoms with van der Waals surface area (Å²) >= 11 is 0. The lowest BCUT2D eigenvalue weighted by molar-refractivity contribution is -0.383. The Balaban J connectivity index is 1.81. The molecule has 1 aliphatic rings. The Hall–Kier alpha value is -2.90. The highest BCUT2D eigenvalue weighted by Crippen LogP contribution is 2.33. The van der Waals surface area contributed by atoms with Crippen molar-refractivity contribution in [1.29, 1.82) is 0 Å². The molecule has 0 amide bonds. The monoisotopic (exact) mass is 343 g/mol. The van der Waals surface area contributed by atoms with E-state index < -0.39 is 4.92 Å². The van der Waals surface area contributed by atoms with Crippen LogP contribution in [0.4, 0.5) is 17.3 Å². The van der Waals surface area contributed by atoms with Crippen LogP contribution in [0, 0.1) is 10.1 Å². The molecule has 1 N–H and O–H groups in total. The molecular weight excluding hydrogens is 322 g/mol. The molecule has 2 aromatic rings. The summed E-state index contributed by atoms with van der Waals surface area (Å²) in [5.41, 5.74) is 0.922. The van der Waals surface area contributed by atoms with Crippen molar-refractivity contribution in [2.24, 2.45) is 0 Å². The Morgan fingerprint density at radius 3 is 2.56 bits per heavy atom. The molecule has 1 fully saturated rings. The van der Waals surface area contributed by atoms with E-state index in [1.165, 1.54) is 6.33 Å². The SMILES string of the molecule is COc1ccc(CNc2ncnc(N3CCCCC3)c2[N+](=O)[O-])cc1. The van der Waals surface area contributed by atoms with Crippen molar-refractivity contribution >= 4 is 17.3 Å². The van der Waals surface area contributed by atoms with Crippen LogP contribution >= 0.6 is 0 Å². The fourth-order valence-electron chi connectivity index (χ4n) is 2.93. The average molecular weight is 343 g/mol. The van der Waals surface area contributed by atoms with Gasteiger partial charge in [-0.05, 0) is 37.0 Å². The molecule has 8 heteroatoms. The Labute approximate surface area is 146 Å². The standard InChI is InChI=1S/C17H21N5O3/c1-25-14-7-5-13(6-8-14)11-18-16-15(22(23)24)17(20-12-19-16)21-9-3-2-4-10-21/h5-8,12H,2-4,9-11H2,1H3,(H,18,19,20). The van der Waals surface area contributed by atoms with Gasteiger partial charge in [-0.15, -0.1) is 0 Å². The maximum absolute atomic E-state index is 11.6. The van der Waals surface area contributed by atoms with E-state index >= 15 is 0 Å². The largest absolute Gasteiger partial charge is 0.497 e. The number of rotatable bonds is 6. The summed E-state index contributed by atoms with van der Waals surface area (Å²) in [5.74, 6) is 1.41. The summed E-state index contributed by atoms with van der Waals surface area (Å²) in [6, 6.07) is 7.52. The van der Waals surface area contributed by atoms with E-state index in [9.17, 15) is 10.1 Å². The van der Waals surface area contributed by atoms with E-state index in [1.54, 1.807) is 7.11 Å². The number of nitro groups is 1. The minimum absolute atomic E-state index is 0.0575. The Morgan fingerprint density at radius 2 is 1.92 bits per heavy atom. The number of hydrogen-bond donors (Lipinski definition) is 1. The summed E-state index contributed by atoms with van der Waals surface area (Å²) < 4.78 is 5.13. The molecule has 1 aromatic heterocycles. The summed E-state index contributed by atoms with van der Waals surface area (Å²) in [6.07, 6.45) is 4.58. The second-order valence-electron chi connectivity index (χ2n) is 5.90. The van der Waals surface area contributed by atoms with Crippen LogP contribution in [0.3, 0.4) is 0 Å². The van der Waals surface area contributed by atoms with E-state index in [0.29, 0.717) is 12.4 Å². The van der Waals surface area contributed by atoms with Gasteiger partial charge in [0.2, 0.25) is 11.6 Å². The lowest BCUT2D eigenvalue weighted by Crippen LogP contribution is -2.31. The molecule has 0 bridgehead atoms. The van der Waals surface area contributed by atoms with Crippen LogP contribution in [0.5, 0.6) is 5.75 Å². The topological polar surface area (TPSA) is 93.4 Å². The summed E-state index contributed by atoms with van der Waals surface area (Å²) in [4.78, 5) is 21.5. The van der Waals surface area contributed by atoms with Crippen molar-refractivity contribution in [1.82, 2.24) is 9.97 Å². The van der Waals surface area contributed by atoms with Crippen molar-refractivity contribution < 1.29 is 9.66 Å². The quantitative estimate of drug-likeness (QED) is 0.636. The normalized spacial score (nSPS) is 14.2. The molecular formula is C17H21N5O3. The number of piperidine rings is 1. The van der Waals surface area contributed by atoms with Crippen LogP contribution in [0.25, 0.3) is 0 Å². The van der Waals surface area contributed by atoms with Gasteiger partial charge in [0.25, 0.3) is 0 Å². The number of benzene rings is 1. The summed E-state index contributed by atoms with van der Waals surface area (Å²) in [5, 5.41) is 14.7. The zero-order valence-corrected chi connectivity index (χ0v) is 14.1. The van der Waals surface area contributed by atoms with E-state index in [4.69, 9.17) is 4.74 Å². The van der Waals surface area contributed by atoms with E-state index in [-0.39, 0.29) is 11.5 Å². The van der Waals surface area contributed by atoms with Gasteiger partial charge in [-0.3, -0.25) is 10.1 Å². The maximum Gasteiger partial charge on any atom is 0.353 e. The van der Waals surface area contributed by atoms with Crippen LogP contribution in [0.2, 0.25) is 0 Å². The lowest BCUT2D eigenvalue weighted by atomic mass is 10.1. The number of ether oxygens (including phenoxy) is 1. The lowest BCUT2D eigenvalue weighted by Gasteiger charge is -2.27. The van der Waals surface area contributed by atoms with Crippen LogP contribution < -0.4 is 15.0 Å². The first kappa shape index (κ1) is 16.9. The Kier molecular flexibility index (Phi) is 5.27. The second kappa shape index (κ2) is 7.78. The minimum atomic E-state index is -0.402. The smallest absolute Gasteiger partial charge is 0.353 e. The molecule has 0 spiro atoms. The van der Waals surface area contributed by atoms with Crippen molar-refractivity contribution in [2.75, 3.05) is 30.4 Å². The number of anilines is 2. The van der Waals surface area contributed by atoms with Crippen LogP contribution in [-0.4, -0.2) is 35.1 Å². The summed E-state index contributed by atoms with van der Waals surface area (Å²) in [6.45, 7) is 2.01. The highest BCUT2D eigenvalue weighted by atomic mass is 16.6. The third kappa shape index (κ3) is 3.96. The first-order valence-electron chi connectivity index (χ1n) is 8.30. The number of hydrogen-bond acceptors (Lipinski definition) is 7. The summed E-state index contributed by atoms with van der Waals surface area (Å²) in [7, 11) is 1.61. The van der Waals surface area contributed by atoms with Gasteiger partial charge in [0, 0.05) is 19.6 Å². The van der Waals surface area contributed by atoms with Crippen molar-refractivity contribution in [3.8, 4) is 5.75 Å². The highest BCUT2D eigenvalue weighted by Gasteiger charge is 2.27. The minimum Gasteiger partial charge on any atom is -0.497 e. The second-order valence-corrected chi connectivity index (χ2v) is 5.90. The van der Waals surface area contributed by atoms with Gasteiger partial charge >= 0.3 is 5.69 Å². The van der Waals surface area contributed by atoms with E-state index in [2.05, 4.69) is 15.3 Å². The molecule has 1 saturated heterocycles. The first-order valence-corrected chi connectivity index (χ1v) is 8.30. The predicted molar refractivity (Wildman–Crippen MR) is 95.1 cm³/mol. The fourth-order valence-corrected chi connectivity index (χ4v) is 2.93. The molecule has 8 nitrogen and oxygen atoms in total. The van der Waals surface area contributed by atoms with E-state index in [1.807, 2.05) is 29.2 Å². The molecule has 2 heterocycles. The van der Waals surface area contributed by atoms with Crippen LogP contribution in [-0.2, 0) is 6.54 Å². The number of methoxy groups -OCH3 is 1. The highest BCUT2D eigenvalue weighted by molar-refractivity contribution is 5.70. The van der Waals surface area contributed by atoms with Crippen molar-refractivity contribution in [3.63, 3.8) is 0 Å². The van der Waals surface area contributed by atoms with Crippen molar-refractivity contribution in [3.05, 3.63) is 46.3 Å². The third-order valence-electron chi connectivity index (χ3n) is 4.26. The first-order chi connectivity index (χ1) is 12.2. The van der Waals surface area contributed by atoms with Gasteiger partial charge in [0.05, 0.1) is 12.0 Å². The van der Waals surface area contributed by atoms with Gasteiger partial charge in [-0.1, -0.05) is 12.1 Å². The zero-order chi connectivity index (χ0) is 17.6. The molecule has 132 valence electrons. The molecule has 0 atom stereocenters. The molecule has 25 heavy (non-hydrogen) atoms.